The van der Waals surface area contributed by atoms with E-state index in [1.807, 2.05) is 20.8 Å². The Hall–Kier alpha value is -3.34. The van der Waals surface area contributed by atoms with Crippen molar-refractivity contribution in [1.29, 1.82) is 0 Å². The van der Waals surface area contributed by atoms with Crippen molar-refractivity contribution in [2.75, 3.05) is 32.0 Å². The largest absolute Gasteiger partial charge is 0.494 e. The number of rotatable bonds is 5. The van der Waals surface area contributed by atoms with Crippen molar-refractivity contribution in [1.82, 2.24) is 24.4 Å². The van der Waals surface area contributed by atoms with Crippen molar-refractivity contribution >= 4 is 29.4 Å². The summed E-state index contributed by atoms with van der Waals surface area (Å²) in [4.78, 5) is 40.1. The van der Waals surface area contributed by atoms with Crippen LogP contribution in [0.15, 0.2) is 10.9 Å². The minimum atomic E-state index is -0.767. The summed E-state index contributed by atoms with van der Waals surface area (Å²) < 4.78 is 7.77. The van der Waals surface area contributed by atoms with E-state index in [0.717, 1.165) is 17.4 Å². The van der Waals surface area contributed by atoms with Crippen LogP contribution in [0.5, 0.6) is 5.88 Å². The molecule has 1 aliphatic carbocycles. The minimum absolute atomic E-state index is 0.00967. The Bertz CT molecular complexity index is 1180. The first kappa shape index (κ1) is 22.8. The molecule has 11 nitrogen and oxygen atoms in total. The normalized spacial score (nSPS) is 17.1. The van der Waals surface area contributed by atoms with E-state index in [4.69, 9.17) is 10.5 Å². The Morgan fingerprint density at radius 3 is 2.55 bits per heavy atom. The molecule has 0 bridgehead atoms. The number of anilines is 1. The minimum Gasteiger partial charge on any atom is -0.494 e. The molecule has 0 unspecified atom stereocenters. The number of hydrogen-bond donors (Lipinski definition) is 3. The second-order valence-electron chi connectivity index (χ2n) is 9.70. The lowest BCUT2D eigenvalue weighted by atomic mass is 9.96. The van der Waals surface area contributed by atoms with Crippen LogP contribution in [0.4, 0.5) is 5.82 Å². The highest BCUT2D eigenvalue weighted by molar-refractivity contribution is 5.97. The number of aromatic hydroxyl groups is 1. The molecule has 1 saturated heterocycles. The van der Waals surface area contributed by atoms with Crippen LogP contribution in [-0.4, -0.2) is 68.3 Å². The van der Waals surface area contributed by atoms with Gasteiger partial charge in [0.05, 0.1) is 18.8 Å². The van der Waals surface area contributed by atoms with Crippen molar-refractivity contribution in [2.24, 2.45) is 5.41 Å². The molecule has 2 aromatic heterocycles. The van der Waals surface area contributed by atoms with E-state index in [0.29, 0.717) is 31.9 Å². The highest BCUT2D eigenvalue weighted by Gasteiger charge is 2.31. The predicted octanol–water partition coefficient (Wildman–Crippen LogP) is 0.594. The Balaban J connectivity index is 1.83. The lowest BCUT2D eigenvalue weighted by Gasteiger charge is -2.25. The van der Waals surface area contributed by atoms with Crippen LogP contribution in [-0.2, 0) is 16.1 Å². The Labute approximate surface area is 190 Å². The molecule has 11 heteroatoms. The van der Waals surface area contributed by atoms with E-state index < -0.39 is 17.3 Å². The predicted molar refractivity (Wildman–Crippen MR) is 122 cm³/mol. The van der Waals surface area contributed by atoms with Gasteiger partial charge in [0.25, 0.3) is 11.5 Å². The van der Waals surface area contributed by atoms with E-state index in [9.17, 15) is 19.5 Å². The van der Waals surface area contributed by atoms with Crippen molar-refractivity contribution in [3.63, 3.8) is 0 Å². The Kier molecular flexibility index (Phi) is 5.91. The van der Waals surface area contributed by atoms with Crippen molar-refractivity contribution in [3.05, 3.63) is 27.6 Å². The summed E-state index contributed by atoms with van der Waals surface area (Å²) >= 11 is 0. The maximum atomic E-state index is 13.2. The zero-order valence-electron chi connectivity index (χ0n) is 19.1. The van der Waals surface area contributed by atoms with Crippen molar-refractivity contribution in [3.8, 4) is 5.88 Å². The highest BCUT2D eigenvalue weighted by Crippen LogP contribution is 2.29. The first-order chi connectivity index (χ1) is 15.6. The van der Waals surface area contributed by atoms with Gasteiger partial charge in [-0.05, 0) is 24.3 Å². The van der Waals surface area contributed by atoms with Gasteiger partial charge in [-0.2, -0.15) is 4.52 Å². The van der Waals surface area contributed by atoms with Crippen LogP contribution in [0, 0.1) is 5.41 Å². The lowest BCUT2D eigenvalue weighted by molar-refractivity contribution is -0.129. The number of amides is 2. The second kappa shape index (κ2) is 8.54. The van der Waals surface area contributed by atoms with Gasteiger partial charge in [0.1, 0.15) is 0 Å². The monoisotopic (exact) mass is 458 g/mol. The SMILES string of the molecule is CC(C)(C)Cn1c(O)c(C(=O)NC2CC2)c(=O)n2nc(N)c(/C=C/C(=O)N3CCOCC3)c12. The Morgan fingerprint density at radius 2 is 1.94 bits per heavy atom. The number of aromatic nitrogens is 3. The highest BCUT2D eigenvalue weighted by atomic mass is 16.5. The molecule has 0 spiro atoms. The van der Waals surface area contributed by atoms with E-state index >= 15 is 0 Å². The average Bonchev–Trinajstić information content (AvgIpc) is 3.50. The fourth-order valence-corrected chi connectivity index (χ4v) is 3.79. The first-order valence-electron chi connectivity index (χ1n) is 11.1. The topological polar surface area (TPSA) is 144 Å². The van der Waals surface area contributed by atoms with Crippen LogP contribution < -0.4 is 16.6 Å². The number of fused-ring (bicyclic) bond motifs is 1. The smallest absolute Gasteiger partial charge is 0.291 e. The summed E-state index contributed by atoms with van der Waals surface area (Å²) in [6.07, 6.45) is 4.55. The van der Waals surface area contributed by atoms with Crippen LogP contribution in [0.1, 0.15) is 49.5 Å². The number of nitrogen functional groups attached to an aromatic ring is 1. The maximum Gasteiger partial charge on any atom is 0.291 e. The third-order valence-corrected chi connectivity index (χ3v) is 5.55. The summed E-state index contributed by atoms with van der Waals surface area (Å²) in [6, 6.07) is 0.00967. The van der Waals surface area contributed by atoms with Crippen LogP contribution in [0.3, 0.4) is 0 Å². The van der Waals surface area contributed by atoms with E-state index in [1.165, 1.54) is 16.7 Å². The molecule has 3 heterocycles. The number of carbonyl (C=O) groups excluding carboxylic acids is 2. The summed E-state index contributed by atoms with van der Waals surface area (Å²) in [7, 11) is 0. The van der Waals surface area contributed by atoms with E-state index in [2.05, 4.69) is 10.4 Å². The molecule has 4 N–H and O–H groups in total. The molecular formula is C22H30N6O5. The van der Waals surface area contributed by atoms with Gasteiger partial charge in [-0.1, -0.05) is 20.8 Å². The fraction of sp³-hybridized carbons (Fsp3) is 0.545. The molecule has 2 amide bonds. The molecule has 2 aromatic rings. The molecule has 1 aliphatic heterocycles. The van der Waals surface area contributed by atoms with Gasteiger partial charge in [0.15, 0.2) is 17.0 Å². The molecule has 178 valence electrons. The van der Waals surface area contributed by atoms with Gasteiger partial charge in [0.2, 0.25) is 11.8 Å². The molecule has 0 atom stereocenters. The van der Waals surface area contributed by atoms with Crippen molar-refractivity contribution < 1.29 is 19.4 Å². The zero-order valence-corrected chi connectivity index (χ0v) is 19.1. The molecule has 1 saturated carbocycles. The quantitative estimate of drug-likeness (QED) is 0.556. The van der Waals surface area contributed by atoms with Gasteiger partial charge in [-0.25, -0.2) is 0 Å². The lowest BCUT2D eigenvalue weighted by Crippen LogP contribution is -2.39. The molecular weight excluding hydrogens is 428 g/mol. The molecule has 0 radical (unpaired) electrons. The van der Waals surface area contributed by atoms with Gasteiger partial charge >= 0.3 is 0 Å². The van der Waals surface area contributed by atoms with Gasteiger partial charge in [-0.3, -0.25) is 19.0 Å². The summed E-state index contributed by atoms with van der Waals surface area (Å²) in [5.41, 5.74) is 5.21. The maximum absolute atomic E-state index is 13.2. The Morgan fingerprint density at radius 1 is 1.27 bits per heavy atom. The number of nitrogens with two attached hydrogens (primary N) is 1. The third kappa shape index (κ3) is 4.72. The fourth-order valence-electron chi connectivity index (χ4n) is 3.79. The number of ether oxygens (including phenoxy) is 1. The molecule has 33 heavy (non-hydrogen) atoms. The number of hydrogen-bond acceptors (Lipinski definition) is 7. The zero-order chi connectivity index (χ0) is 23.9. The van der Waals surface area contributed by atoms with E-state index in [1.54, 1.807) is 4.90 Å². The average molecular weight is 459 g/mol. The number of nitrogens with one attached hydrogen (secondary N) is 1. The number of carbonyl (C=O) groups is 2. The standard InChI is InChI=1S/C22H30N6O5/c1-22(2,3)12-27-19-14(6-7-15(29)26-8-10-33-11-9-26)17(23)25-28(19)21(32)16(20(27)31)18(30)24-13-4-5-13/h6-7,13,31H,4-5,8-12H2,1-3H3,(H2,23,25)(H,24,30)/b7-6+. The number of nitrogens with zero attached hydrogens (tertiary/aromatic N) is 4. The second-order valence-corrected chi connectivity index (χ2v) is 9.70. The molecule has 2 fully saturated rings. The van der Waals surface area contributed by atoms with Crippen LogP contribution >= 0.6 is 0 Å². The van der Waals surface area contributed by atoms with Gasteiger partial charge in [0, 0.05) is 31.8 Å². The van der Waals surface area contributed by atoms with Crippen molar-refractivity contribution in [2.45, 2.75) is 46.2 Å². The van der Waals surface area contributed by atoms with E-state index in [-0.39, 0.29) is 40.9 Å². The summed E-state index contributed by atoms with van der Waals surface area (Å²) in [5, 5.41) is 17.9. The third-order valence-electron chi connectivity index (χ3n) is 5.55. The van der Waals surface area contributed by atoms with Gasteiger partial charge < -0.3 is 25.8 Å². The summed E-state index contributed by atoms with van der Waals surface area (Å²) in [5.74, 6) is -1.29. The number of morpholine rings is 1. The first-order valence-corrected chi connectivity index (χ1v) is 11.1. The van der Waals surface area contributed by atoms with Gasteiger partial charge in [-0.15, -0.1) is 5.10 Å². The summed E-state index contributed by atoms with van der Waals surface area (Å²) in [6.45, 7) is 8.08. The molecule has 0 aromatic carbocycles. The van der Waals surface area contributed by atoms with Crippen LogP contribution in [0.2, 0.25) is 0 Å². The van der Waals surface area contributed by atoms with Crippen LogP contribution in [0.25, 0.3) is 11.7 Å². The molecule has 2 aliphatic rings. The molecule has 4 rings (SSSR count).